The van der Waals surface area contributed by atoms with Gasteiger partial charge < -0.3 is 10.1 Å². The zero-order valence-electron chi connectivity index (χ0n) is 11.7. The molecule has 0 aliphatic rings. The van der Waals surface area contributed by atoms with Crippen molar-refractivity contribution < 1.29 is 4.74 Å². The molecule has 1 N–H and O–H groups in total. The molecule has 3 aromatic rings. The van der Waals surface area contributed by atoms with E-state index in [9.17, 15) is 0 Å². The maximum atomic E-state index is 5.23. The highest BCUT2D eigenvalue weighted by Crippen LogP contribution is 2.17. The Morgan fingerprint density at radius 3 is 2.67 bits per heavy atom. The van der Waals surface area contributed by atoms with Gasteiger partial charge in [0, 0.05) is 12.2 Å². The summed E-state index contributed by atoms with van der Waals surface area (Å²) < 4.78 is 7.10. The van der Waals surface area contributed by atoms with E-state index in [1.807, 2.05) is 41.0 Å². The maximum Gasteiger partial charge on any atom is 0.123 e. The first-order valence-corrected chi connectivity index (χ1v) is 6.67. The predicted octanol–water partition coefficient (Wildman–Crippen LogP) is 2.89. The van der Waals surface area contributed by atoms with Crippen molar-refractivity contribution in [3.8, 4) is 11.4 Å². The van der Waals surface area contributed by atoms with E-state index in [1.54, 1.807) is 19.8 Å². The second kappa shape index (κ2) is 6.09. The van der Waals surface area contributed by atoms with Crippen molar-refractivity contribution in [1.29, 1.82) is 0 Å². The lowest BCUT2D eigenvalue weighted by Gasteiger charge is -2.09. The van der Waals surface area contributed by atoms with Gasteiger partial charge in [-0.3, -0.25) is 4.57 Å². The highest BCUT2D eigenvalue weighted by molar-refractivity contribution is 5.51. The van der Waals surface area contributed by atoms with Crippen LogP contribution in [-0.4, -0.2) is 21.9 Å². The average molecular weight is 280 g/mol. The standard InChI is InChI=1S/C16H16N4O/c1-21-16-7-2-4-13(8-16)10-17-14-5-3-6-15(9-14)20-11-18-19-12-20/h2-9,11-12,17H,10H2,1H3. The van der Waals surface area contributed by atoms with Crippen molar-refractivity contribution in [2.75, 3.05) is 12.4 Å². The molecule has 0 saturated heterocycles. The van der Waals surface area contributed by atoms with Gasteiger partial charge in [0.05, 0.1) is 12.8 Å². The van der Waals surface area contributed by atoms with E-state index in [-0.39, 0.29) is 0 Å². The van der Waals surface area contributed by atoms with Gasteiger partial charge in [-0.15, -0.1) is 10.2 Å². The summed E-state index contributed by atoms with van der Waals surface area (Å²) in [7, 11) is 1.68. The van der Waals surface area contributed by atoms with Crippen molar-refractivity contribution in [3.05, 3.63) is 66.7 Å². The molecule has 106 valence electrons. The fourth-order valence-corrected chi connectivity index (χ4v) is 2.10. The average Bonchev–Trinajstić information content (AvgIpc) is 3.08. The molecule has 3 rings (SSSR count). The molecule has 0 bridgehead atoms. The molecule has 1 heterocycles. The highest BCUT2D eigenvalue weighted by atomic mass is 16.5. The van der Waals surface area contributed by atoms with Crippen LogP contribution in [0.3, 0.4) is 0 Å². The number of benzene rings is 2. The minimum atomic E-state index is 0.739. The van der Waals surface area contributed by atoms with Crippen LogP contribution >= 0.6 is 0 Å². The molecule has 0 atom stereocenters. The summed E-state index contributed by atoms with van der Waals surface area (Å²) in [5.41, 5.74) is 3.24. The van der Waals surface area contributed by atoms with Gasteiger partial charge in [0.25, 0.3) is 0 Å². The normalized spacial score (nSPS) is 10.3. The number of aromatic nitrogens is 3. The van der Waals surface area contributed by atoms with Gasteiger partial charge in [-0.25, -0.2) is 0 Å². The van der Waals surface area contributed by atoms with E-state index in [1.165, 1.54) is 5.56 Å². The van der Waals surface area contributed by atoms with E-state index in [0.717, 1.165) is 23.7 Å². The number of hydrogen-bond acceptors (Lipinski definition) is 4. The Bertz CT molecular complexity index is 710. The number of methoxy groups -OCH3 is 1. The Morgan fingerprint density at radius 1 is 1.05 bits per heavy atom. The second-order valence-corrected chi connectivity index (χ2v) is 4.62. The van der Waals surface area contributed by atoms with Crippen molar-refractivity contribution in [3.63, 3.8) is 0 Å². The Hall–Kier alpha value is -2.82. The lowest BCUT2D eigenvalue weighted by atomic mass is 10.2. The Morgan fingerprint density at radius 2 is 1.86 bits per heavy atom. The smallest absolute Gasteiger partial charge is 0.123 e. The first-order valence-electron chi connectivity index (χ1n) is 6.67. The van der Waals surface area contributed by atoms with Crippen LogP contribution < -0.4 is 10.1 Å². The molecule has 0 fully saturated rings. The summed E-state index contributed by atoms with van der Waals surface area (Å²) in [6.07, 6.45) is 3.36. The fraction of sp³-hybridized carbons (Fsp3) is 0.125. The van der Waals surface area contributed by atoms with E-state index < -0.39 is 0 Å². The molecular weight excluding hydrogens is 264 g/mol. The molecule has 1 aromatic heterocycles. The van der Waals surface area contributed by atoms with E-state index >= 15 is 0 Å². The van der Waals surface area contributed by atoms with Crippen LogP contribution in [-0.2, 0) is 6.54 Å². The van der Waals surface area contributed by atoms with Gasteiger partial charge in [-0.05, 0) is 35.9 Å². The van der Waals surface area contributed by atoms with Gasteiger partial charge in [0.15, 0.2) is 0 Å². The van der Waals surface area contributed by atoms with Crippen LogP contribution in [0.1, 0.15) is 5.56 Å². The fourth-order valence-electron chi connectivity index (χ4n) is 2.10. The van der Waals surface area contributed by atoms with E-state index in [4.69, 9.17) is 4.74 Å². The van der Waals surface area contributed by atoms with Crippen molar-refractivity contribution in [2.45, 2.75) is 6.54 Å². The largest absolute Gasteiger partial charge is 0.497 e. The Labute approximate surface area is 123 Å². The van der Waals surface area contributed by atoms with Gasteiger partial charge in [0.2, 0.25) is 0 Å². The molecule has 2 aromatic carbocycles. The van der Waals surface area contributed by atoms with Crippen LogP contribution in [0.2, 0.25) is 0 Å². The number of nitrogens with zero attached hydrogens (tertiary/aromatic N) is 3. The topological polar surface area (TPSA) is 52.0 Å². The lowest BCUT2D eigenvalue weighted by Crippen LogP contribution is -2.00. The third-order valence-corrected chi connectivity index (χ3v) is 3.19. The summed E-state index contributed by atoms with van der Waals surface area (Å²) in [6, 6.07) is 16.1. The van der Waals surface area contributed by atoms with Crippen LogP contribution in [0.5, 0.6) is 5.75 Å². The first-order chi connectivity index (χ1) is 10.3. The second-order valence-electron chi connectivity index (χ2n) is 4.62. The van der Waals surface area contributed by atoms with E-state index in [2.05, 4.69) is 27.6 Å². The molecule has 21 heavy (non-hydrogen) atoms. The quantitative estimate of drug-likeness (QED) is 0.780. The summed E-state index contributed by atoms with van der Waals surface area (Å²) >= 11 is 0. The van der Waals surface area contributed by atoms with E-state index in [0.29, 0.717) is 0 Å². The zero-order valence-corrected chi connectivity index (χ0v) is 11.7. The lowest BCUT2D eigenvalue weighted by molar-refractivity contribution is 0.414. The minimum absolute atomic E-state index is 0.739. The number of anilines is 1. The molecule has 5 nitrogen and oxygen atoms in total. The molecule has 0 radical (unpaired) electrons. The Balaban J connectivity index is 1.72. The maximum absolute atomic E-state index is 5.23. The summed E-state index contributed by atoms with van der Waals surface area (Å²) in [4.78, 5) is 0. The zero-order chi connectivity index (χ0) is 14.5. The number of nitrogens with one attached hydrogen (secondary N) is 1. The molecule has 0 saturated carbocycles. The summed E-state index contributed by atoms with van der Waals surface area (Å²) in [5.74, 6) is 0.868. The minimum Gasteiger partial charge on any atom is -0.497 e. The molecule has 0 unspecified atom stereocenters. The van der Waals surface area contributed by atoms with Gasteiger partial charge in [-0.1, -0.05) is 18.2 Å². The molecule has 0 aliphatic heterocycles. The predicted molar refractivity (Wildman–Crippen MR) is 81.7 cm³/mol. The number of ether oxygens (including phenoxy) is 1. The summed E-state index contributed by atoms with van der Waals surface area (Å²) in [6.45, 7) is 0.739. The number of hydrogen-bond donors (Lipinski definition) is 1. The molecule has 0 aliphatic carbocycles. The highest BCUT2D eigenvalue weighted by Gasteiger charge is 2.00. The van der Waals surface area contributed by atoms with Gasteiger partial charge >= 0.3 is 0 Å². The van der Waals surface area contributed by atoms with Crippen molar-refractivity contribution in [2.24, 2.45) is 0 Å². The third-order valence-electron chi connectivity index (χ3n) is 3.19. The summed E-state index contributed by atoms with van der Waals surface area (Å²) in [5, 5.41) is 11.0. The van der Waals surface area contributed by atoms with Gasteiger partial charge in [-0.2, -0.15) is 0 Å². The SMILES string of the molecule is COc1cccc(CNc2cccc(-n3cnnc3)c2)c1. The first kappa shape index (κ1) is 13.2. The Kier molecular flexibility index (Phi) is 3.82. The van der Waals surface area contributed by atoms with Crippen molar-refractivity contribution >= 4 is 5.69 Å². The molecule has 0 amide bonds. The molecular formula is C16H16N4O. The molecule has 0 spiro atoms. The molecule has 5 heteroatoms. The monoisotopic (exact) mass is 280 g/mol. The van der Waals surface area contributed by atoms with Crippen LogP contribution in [0.15, 0.2) is 61.2 Å². The number of rotatable bonds is 5. The van der Waals surface area contributed by atoms with Crippen LogP contribution in [0.25, 0.3) is 5.69 Å². The third kappa shape index (κ3) is 3.20. The van der Waals surface area contributed by atoms with Gasteiger partial charge in [0.1, 0.15) is 18.4 Å². The van der Waals surface area contributed by atoms with Crippen molar-refractivity contribution in [1.82, 2.24) is 14.8 Å². The van der Waals surface area contributed by atoms with Crippen LogP contribution in [0.4, 0.5) is 5.69 Å². The van der Waals surface area contributed by atoms with Crippen LogP contribution in [0, 0.1) is 0 Å².